The maximum Gasteiger partial charge on any atom is 0.416 e. The summed E-state index contributed by atoms with van der Waals surface area (Å²) in [5, 5.41) is 10.9. The largest absolute Gasteiger partial charge is 0.457 e. The molecule has 2 aromatic rings. The van der Waals surface area contributed by atoms with Crippen molar-refractivity contribution in [2.24, 2.45) is 0 Å². The Balaban J connectivity index is 2.25. The van der Waals surface area contributed by atoms with Gasteiger partial charge in [-0.05, 0) is 45.0 Å². The smallest absolute Gasteiger partial charge is 0.416 e. The Kier molecular flexibility index (Phi) is 7.34. The number of nitro groups is 1. The van der Waals surface area contributed by atoms with E-state index in [9.17, 15) is 32.9 Å². The van der Waals surface area contributed by atoms with Gasteiger partial charge in [0.25, 0.3) is 5.69 Å². The van der Waals surface area contributed by atoms with Crippen LogP contribution < -0.4 is 4.74 Å². The quantitative estimate of drug-likeness (QED) is 0.306. The molecular formula is C20H17ClF3NO7. The summed E-state index contributed by atoms with van der Waals surface area (Å²) < 4.78 is 53.4. The van der Waals surface area contributed by atoms with Crippen LogP contribution in [0.25, 0.3) is 0 Å². The number of halogens is 4. The number of hydrogen-bond acceptors (Lipinski definition) is 7. The highest BCUT2D eigenvalue weighted by Gasteiger charge is 2.31. The average molecular weight is 476 g/mol. The molecule has 0 fully saturated rings. The SMILES string of the molecule is CC(C)(C)OC(=O)COC(=O)c1cc(Oc2ccc(C(F)(F)F)cc2Cl)ccc1[N+](=O)[O-]. The number of hydrogen-bond donors (Lipinski definition) is 0. The Hall–Kier alpha value is -3.34. The number of nitrogens with zero attached hydrogens (tertiary/aromatic N) is 1. The summed E-state index contributed by atoms with van der Waals surface area (Å²) in [4.78, 5) is 34.4. The Bertz CT molecular complexity index is 1050. The molecule has 0 heterocycles. The second kappa shape index (κ2) is 9.43. The number of alkyl halides is 3. The molecule has 0 aliphatic rings. The van der Waals surface area contributed by atoms with Crippen LogP contribution in [0.3, 0.4) is 0 Å². The zero-order valence-electron chi connectivity index (χ0n) is 17.0. The minimum absolute atomic E-state index is 0.138. The molecular weight excluding hydrogens is 459 g/mol. The molecule has 0 aromatic heterocycles. The van der Waals surface area contributed by atoms with Crippen LogP contribution in [0.4, 0.5) is 18.9 Å². The number of carbonyl (C=O) groups is 2. The van der Waals surface area contributed by atoms with Crippen LogP contribution in [0.5, 0.6) is 11.5 Å². The summed E-state index contributed by atoms with van der Waals surface area (Å²) in [7, 11) is 0. The fourth-order valence-electron chi connectivity index (χ4n) is 2.36. The summed E-state index contributed by atoms with van der Waals surface area (Å²) in [5.41, 5.74) is -3.00. The van der Waals surface area contributed by atoms with E-state index in [-0.39, 0.29) is 16.5 Å². The van der Waals surface area contributed by atoms with E-state index in [0.717, 1.165) is 30.3 Å². The van der Waals surface area contributed by atoms with Gasteiger partial charge in [-0.15, -0.1) is 0 Å². The summed E-state index contributed by atoms with van der Waals surface area (Å²) >= 11 is 5.83. The fourth-order valence-corrected chi connectivity index (χ4v) is 2.58. The summed E-state index contributed by atoms with van der Waals surface area (Å²) in [6.07, 6.45) is -4.61. The maximum atomic E-state index is 12.8. The summed E-state index contributed by atoms with van der Waals surface area (Å²) in [6, 6.07) is 5.37. The van der Waals surface area contributed by atoms with Gasteiger partial charge in [0, 0.05) is 12.1 Å². The Morgan fingerprint density at radius 2 is 1.75 bits per heavy atom. The summed E-state index contributed by atoms with van der Waals surface area (Å²) in [5.74, 6) is -2.38. The predicted molar refractivity (Wildman–Crippen MR) is 106 cm³/mol. The predicted octanol–water partition coefficient (Wildman–Crippen LogP) is 5.56. The third-order valence-corrected chi connectivity index (χ3v) is 3.91. The number of esters is 2. The van der Waals surface area contributed by atoms with Crippen molar-refractivity contribution in [2.75, 3.05) is 6.61 Å². The number of carbonyl (C=O) groups excluding carboxylic acids is 2. The van der Waals surface area contributed by atoms with Gasteiger partial charge in [0.05, 0.1) is 15.5 Å². The molecule has 12 heteroatoms. The van der Waals surface area contributed by atoms with Gasteiger partial charge in [-0.25, -0.2) is 9.59 Å². The van der Waals surface area contributed by atoms with Crippen molar-refractivity contribution in [2.45, 2.75) is 32.5 Å². The zero-order chi connectivity index (χ0) is 24.3. The molecule has 0 atom stereocenters. The molecule has 0 N–H and O–H groups in total. The topological polar surface area (TPSA) is 105 Å². The molecule has 0 bridgehead atoms. The van der Waals surface area contributed by atoms with Crippen molar-refractivity contribution in [3.8, 4) is 11.5 Å². The van der Waals surface area contributed by atoms with E-state index in [1.165, 1.54) is 0 Å². The zero-order valence-corrected chi connectivity index (χ0v) is 17.7. The number of nitro benzene ring substituents is 1. The molecule has 0 radical (unpaired) electrons. The third kappa shape index (κ3) is 6.84. The minimum atomic E-state index is -4.61. The molecule has 0 spiro atoms. The van der Waals surface area contributed by atoms with Crippen LogP contribution in [0.1, 0.15) is 36.7 Å². The average Bonchev–Trinajstić information content (AvgIpc) is 2.65. The lowest BCUT2D eigenvalue weighted by Crippen LogP contribution is -2.27. The molecule has 0 unspecified atom stereocenters. The van der Waals surface area contributed by atoms with E-state index in [2.05, 4.69) is 0 Å². The van der Waals surface area contributed by atoms with Crippen LogP contribution in [0.15, 0.2) is 36.4 Å². The minimum Gasteiger partial charge on any atom is -0.457 e. The highest BCUT2D eigenvalue weighted by atomic mass is 35.5. The van der Waals surface area contributed by atoms with Crippen molar-refractivity contribution in [1.29, 1.82) is 0 Å². The first kappa shape index (κ1) is 24.9. The van der Waals surface area contributed by atoms with Crippen LogP contribution in [-0.2, 0) is 20.4 Å². The molecule has 0 aliphatic carbocycles. The lowest BCUT2D eigenvalue weighted by Gasteiger charge is -2.19. The molecule has 0 aliphatic heterocycles. The normalized spacial score (nSPS) is 11.6. The van der Waals surface area contributed by atoms with Gasteiger partial charge in [-0.2, -0.15) is 13.2 Å². The van der Waals surface area contributed by atoms with Crippen LogP contribution in [0, 0.1) is 10.1 Å². The van der Waals surface area contributed by atoms with Crippen LogP contribution >= 0.6 is 11.6 Å². The molecule has 8 nitrogen and oxygen atoms in total. The van der Waals surface area contributed by atoms with Crippen molar-refractivity contribution in [1.82, 2.24) is 0 Å². The van der Waals surface area contributed by atoms with Gasteiger partial charge >= 0.3 is 18.1 Å². The first-order valence-corrected chi connectivity index (χ1v) is 9.27. The van der Waals surface area contributed by atoms with E-state index < -0.39 is 52.1 Å². The first-order valence-electron chi connectivity index (χ1n) is 8.89. The van der Waals surface area contributed by atoms with Gasteiger partial charge in [0.2, 0.25) is 0 Å². The van der Waals surface area contributed by atoms with Gasteiger partial charge < -0.3 is 14.2 Å². The van der Waals surface area contributed by atoms with E-state index in [1.54, 1.807) is 20.8 Å². The standard InChI is InChI=1S/C20H17ClF3NO7/c1-19(2,3)32-17(26)10-30-18(27)13-9-12(5-6-15(13)25(28)29)31-16-7-4-11(8-14(16)21)20(22,23)24/h4-9H,10H2,1-3H3. The van der Waals surface area contributed by atoms with Crippen molar-refractivity contribution in [3.05, 3.63) is 62.7 Å². The summed E-state index contributed by atoms with van der Waals surface area (Å²) in [6.45, 7) is 4.02. The molecule has 32 heavy (non-hydrogen) atoms. The monoisotopic (exact) mass is 475 g/mol. The van der Waals surface area contributed by atoms with Crippen molar-refractivity contribution in [3.63, 3.8) is 0 Å². The van der Waals surface area contributed by atoms with Gasteiger partial charge in [0.1, 0.15) is 22.7 Å². The van der Waals surface area contributed by atoms with E-state index in [4.69, 9.17) is 25.8 Å². The van der Waals surface area contributed by atoms with Gasteiger partial charge in [-0.1, -0.05) is 11.6 Å². The van der Waals surface area contributed by atoms with Gasteiger partial charge in [0.15, 0.2) is 6.61 Å². The molecule has 0 saturated heterocycles. The van der Waals surface area contributed by atoms with Crippen LogP contribution in [0.2, 0.25) is 5.02 Å². The number of benzene rings is 2. The second-order valence-electron chi connectivity index (χ2n) is 7.34. The molecule has 0 amide bonds. The highest BCUT2D eigenvalue weighted by Crippen LogP contribution is 2.37. The van der Waals surface area contributed by atoms with Gasteiger partial charge in [-0.3, -0.25) is 10.1 Å². The van der Waals surface area contributed by atoms with E-state index >= 15 is 0 Å². The Morgan fingerprint density at radius 1 is 1.09 bits per heavy atom. The van der Waals surface area contributed by atoms with Crippen molar-refractivity contribution < 1.29 is 41.9 Å². The number of ether oxygens (including phenoxy) is 3. The number of rotatable bonds is 6. The van der Waals surface area contributed by atoms with E-state index in [0.29, 0.717) is 6.07 Å². The highest BCUT2D eigenvalue weighted by molar-refractivity contribution is 6.32. The third-order valence-electron chi connectivity index (χ3n) is 3.61. The van der Waals surface area contributed by atoms with Crippen molar-refractivity contribution >= 4 is 29.2 Å². The molecule has 2 aromatic carbocycles. The Labute approximate surface area is 185 Å². The Morgan fingerprint density at radius 3 is 2.28 bits per heavy atom. The lowest BCUT2D eigenvalue weighted by molar-refractivity contribution is -0.385. The first-order chi connectivity index (χ1) is 14.7. The molecule has 172 valence electrons. The lowest BCUT2D eigenvalue weighted by atomic mass is 10.1. The molecule has 2 rings (SSSR count). The van der Waals surface area contributed by atoms with Crippen LogP contribution in [-0.4, -0.2) is 29.1 Å². The fraction of sp³-hybridized carbons (Fsp3) is 0.300. The maximum absolute atomic E-state index is 12.8. The van der Waals surface area contributed by atoms with E-state index in [1.807, 2.05) is 0 Å². The molecule has 0 saturated carbocycles. The second-order valence-corrected chi connectivity index (χ2v) is 7.75.